The van der Waals surface area contributed by atoms with Crippen molar-refractivity contribution in [1.29, 1.82) is 0 Å². The van der Waals surface area contributed by atoms with Crippen molar-refractivity contribution >= 4 is 11.5 Å². The standard InChI is InChI=1S/C19H23N5.2C2H6/c1-4-18(13-5-6-13)22-16-7-14(9-20-11-16)15-8-17-12(2)24(3)23-19(17)21-10-15;2*1-2/h4,7-13,22H,5-6H2,1-3H3,(H,21,23);2*1-2H3/b18-4-;;. The van der Waals surface area contributed by atoms with Crippen LogP contribution in [0.1, 0.15) is 66.0 Å². The quantitative estimate of drug-likeness (QED) is 0.655. The molecular formula is C23H35N5. The molecule has 1 saturated carbocycles. The zero-order valence-electron chi connectivity index (χ0n) is 18.4. The lowest BCUT2D eigenvalue weighted by Gasteiger charge is -2.14. The summed E-state index contributed by atoms with van der Waals surface area (Å²) in [6, 6.07) is 4.67. The van der Waals surface area contributed by atoms with Crippen LogP contribution in [-0.2, 0) is 0 Å². The van der Waals surface area contributed by atoms with Gasteiger partial charge in [0.05, 0.1) is 17.9 Å². The summed E-state index contributed by atoms with van der Waals surface area (Å²) in [5.41, 5.74) is 9.03. The summed E-state index contributed by atoms with van der Waals surface area (Å²) < 4.78 is 0. The van der Waals surface area contributed by atoms with E-state index >= 15 is 0 Å². The predicted octanol–water partition coefficient (Wildman–Crippen LogP) is 6.26. The van der Waals surface area contributed by atoms with Gasteiger partial charge in [-0.1, -0.05) is 33.8 Å². The average molecular weight is 382 g/mol. The minimum Gasteiger partial charge on any atom is -0.358 e. The molecule has 1 unspecified atom stereocenters. The molecule has 152 valence electrons. The number of pyridine rings is 2. The molecule has 5 nitrogen and oxygen atoms in total. The lowest BCUT2D eigenvalue weighted by molar-refractivity contribution is 0.342. The first-order valence-corrected chi connectivity index (χ1v) is 10.5. The summed E-state index contributed by atoms with van der Waals surface area (Å²) in [6.45, 7) is 12.3. The number of hydrogen-bond acceptors (Lipinski definition) is 5. The maximum absolute atomic E-state index is 4.57. The summed E-state index contributed by atoms with van der Waals surface area (Å²) in [5, 5.41) is 5.60. The van der Waals surface area contributed by atoms with Gasteiger partial charge in [-0.15, -0.1) is 0 Å². The van der Waals surface area contributed by atoms with Crippen molar-refractivity contribution in [3.63, 3.8) is 0 Å². The molecule has 1 aliphatic carbocycles. The van der Waals surface area contributed by atoms with Crippen LogP contribution in [0.5, 0.6) is 0 Å². The Hall–Kier alpha value is -2.40. The Kier molecular flexibility index (Phi) is 8.00. The second-order valence-electron chi connectivity index (χ2n) is 6.67. The van der Waals surface area contributed by atoms with Gasteiger partial charge in [-0.2, -0.15) is 0 Å². The Balaban J connectivity index is 0.000000660. The van der Waals surface area contributed by atoms with E-state index in [1.54, 1.807) is 0 Å². The van der Waals surface area contributed by atoms with Crippen LogP contribution in [0, 0.1) is 5.92 Å². The van der Waals surface area contributed by atoms with Crippen LogP contribution >= 0.6 is 0 Å². The smallest absolute Gasteiger partial charge is 0.145 e. The molecule has 3 heterocycles. The van der Waals surface area contributed by atoms with Gasteiger partial charge in [-0.05, 0) is 44.7 Å². The number of nitrogens with one attached hydrogen (secondary N) is 2. The zero-order chi connectivity index (χ0) is 20.7. The first-order valence-electron chi connectivity index (χ1n) is 10.5. The highest BCUT2D eigenvalue weighted by Crippen LogP contribution is 2.37. The van der Waals surface area contributed by atoms with Crippen molar-refractivity contribution in [2.45, 2.75) is 60.4 Å². The van der Waals surface area contributed by atoms with Gasteiger partial charge in [-0.25, -0.2) is 9.99 Å². The maximum atomic E-state index is 4.57. The topological polar surface area (TPSA) is 53.1 Å². The Labute approximate surface area is 170 Å². The van der Waals surface area contributed by atoms with E-state index in [0.29, 0.717) is 12.0 Å². The van der Waals surface area contributed by atoms with Gasteiger partial charge in [0, 0.05) is 41.8 Å². The monoisotopic (exact) mass is 381 g/mol. The first-order chi connectivity index (χ1) is 13.7. The number of hydrogen-bond donors (Lipinski definition) is 2. The molecule has 1 atom stereocenters. The second kappa shape index (κ2) is 10.2. The van der Waals surface area contributed by atoms with Gasteiger partial charge >= 0.3 is 0 Å². The molecule has 0 saturated heterocycles. The fourth-order valence-corrected chi connectivity index (χ4v) is 3.16. The summed E-state index contributed by atoms with van der Waals surface area (Å²) in [4.78, 5) is 8.98. The Morgan fingerprint density at radius 1 is 1.11 bits per heavy atom. The average Bonchev–Trinajstić information content (AvgIpc) is 3.56. The molecular weight excluding hydrogens is 346 g/mol. The zero-order valence-corrected chi connectivity index (χ0v) is 18.4. The van der Waals surface area contributed by atoms with Crippen LogP contribution in [0.25, 0.3) is 11.1 Å². The minimum atomic E-state index is 0.311. The van der Waals surface area contributed by atoms with Crippen LogP contribution in [-0.4, -0.2) is 22.0 Å². The fourth-order valence-electron chi connectivity index (χ4n) is 3.16. The molecule has 0 spiro atoms. The van der Waals surface area contributed by atoms with Crippen molar-refractivity contribution in [2.24, 2.45) is 5.92 Å². The van der Waals surface area contributed by atoms with Gasteiger partial charge < -0.3 is 10.7 Å². The van der Waals surface area contributed by atoms with Crippen LogP contribution in [0.2, 0.25) is 0 Å². The maximum Gasteiger partial charge on any atom is 0.145 e. The molecule has 1 fully saturated rings. The number of allylic oxidation sites excluding steroid dienone is 2. The van der Waals surface area contributed by atoms with Crippen molar-refractivity contribution in [3.8, 4) is 11.1 Å². The lowest BCUT2D eigenvalue weighted by Crippen LogP contribution is -2.20. The Morgan fingerprint density at radius 3 is 2.43 bits per heavy atom. The van der Waals surface area contributed by atoms with E-state index in [1.807, 2.05) is 53.3 Å². The van der Waals surface area contributed by atoms with E-state index in [0.717, 1.165) is 22.6 Å². The molecule has 1 aliphatic heterocycles. The SMILES string of the molecule is C/C=C(\Nc1cncc(-c2cnc3c(c2)C(C)N(C)N3)c1)C1CC1.CC.CC. The van der Waals surface area contributed by atoms with Crippen LogP contribution < -0.4 is 10.7 Å². The summed E-state index contributed by atoms with van der Waals surface area (Å²) in [7, 11) is 2.04. The number of rotatable bonds is 4. The number of nitrogens with zero attached hydrogens (tertiary/aromatic N) is 3. The van der Waals surface area contributed by atoms with Gasteiger partial charge in [0.1, 0.15) is 5.82 Å². The van der Waals surface area contributed by atoms with Crippen LogP contribution in [0.3, 0.4) is 0 Å². The van der Waals surface area contributed by atoms with Crippen molar-refractivity contribution in [1.82, 2.24) is 15.0 Å². The van der Waals surface area contributed by atoms with Crippen molar-refractivity contribution in [2.75, 3.05) is 17.8 Å². The van der Waals surface area contributed by atoms with E-state index in [-0.39, 0.29) is 0 Å². The summed E-state index contributed by atoms with van der Waals surface area (Å²) >= 11 is 0. The number of fused-ring (bicyclic) bond motifs is 1. The second-order valence-corrected chi connectivity index (χ2v) is 6.67. The van der Waals surface area contributed by atoms with Crippen LogP contribution in [0.4, 0.5) is 11.5 Å². The normalized spacial score (nSPS) is 18.1. The molecule has 2 aliphatic rings. The largest absolute Gasteiger partial charge is 0.358 e. The Bertz CT molecular complexity index is 795. The summed E-state index contributed by atoms with van der Waals surface area (Å²) in [6.07, 6.45) is 10.4. The molecule has 2 aromatic heterocycles. The third-order valence-corrected chi connectivity index (χ3v) is 4.92. The van der Waals surface area contributed by atoms with E-state index < -0.39 is 0 Å². The molecule has 0 amide bonds. The third kappa shape index (κ3) is 4.90. The highest BCUT2D eigenvalue weighted by atomic mass is 15.5. The van der Waals surface area contributed by atoms with Gasteiger partial charge in [0.2, 0.25) is 0 Å². The molecule has 0 aromatic carbocycles. The molecule has 2 N–H and O–H groups in total. The van der Waals surface area contributed by atoms with E-state index in [2.05, 4.69) is 57.8 Å². The third-order valence-electron chi connectivity index (χ3n) is 4.92. The molecule has 0 radical (unpaired) electrons. The van der Waals surface area contributed by atoms with Gasteiger partial charge in [0.25, 0.3) is 0 Å². The first kappa shape index (κ1) is 21.9. The minimum absolute atomic E-state index is 0.311. The van der Waals surface area contributed by atoms with Gasteiger partial charge in [-0.3, -0.25) is 4.98 Å². The van der Waals surface area contributed by atoms with E-state index in [4.69, 9.17) is 0 Å². The number of aromatic nitrogens is 2. The molecule has 0 bridgehead atoms. The highest BCUT2D eigenvalue weighted by Gasteiger charge is 2.26. The highest BCUT2D eigenvalue weighted by molar-refractivity contribution is 5.69. The van der Waals surface area contributed by atoms with E-state index in [1.165, 1.54) is 24.1 Å². The summed E-state index contributed by atoms with van der Waals surface area (Å²) in [5.74, 6) is 1.64. The fraction of sp³-hybridized carbons (Fsp3) is 0.478. The molecule has 28 heavy (non-hydrogen) atoms. The number of hydrazine groups is 1. The predicted molar refractivity (Wildman–Crippen MR) is 120 cm³/mol. The molecule has 4 rings (SSSR count). The van der Waals surface area contributed by atoms with Gasteiger partial charge in [0.15, 0.2) is 0 Å². The van der Waals surface area contributed by atoms with Crippen molar-refractivity contribution < 1.29 is 0 Å². The molecule has 2 aromatic rings. The van der Waals surface area contributed by atoms with E-state index in [9.17, 15) is 0 Å². The lowest BCUT2D eigenvalue weighted by atomic mass is 10.0. The molecule has 5 heteroatoms. The van der Waals surface area contributed by atoms with Crippen molar-refractivity contribution in [3.05, 3.63) is 48.1 Å². The number of anilines is 2. The Morgan fingerprint density at radius 2 is 1.79 bits per heavy atom. The van der Waals surface area contributed by atoms with Crippen LogP contribution in [0.15, 0.2) is 42.5 Å².